The van der Waals surface area contributed by atoms with Crippen molar-refractivity contribution in [3.8, 4) is 11.5 Å². The Kier molecular flexibility index (Phi) is 10.0. The van der Waals surface area contributed by atoms with Gasteiger partial charge >= 0.3 is 11.9 Å². The maximum absolute atomic E-state index is 13.6. The van der Waals surface area contributed by atoms with E-state index in [1.807, 2.05) is 6.92 Å². The van der Waals surface area contributed by atoms with Crippen molar-refractivity contribution in [1.29, 1.82) is 0 Å². The van der Waals surface area contributed by atoms with Crippen molar-refractivity contribution in [3.63, 3.8) is 0 Å². The second kappa shape index (κ2) is 13.7. The Morgan fingerprint density at radius 1 is 1.14 bits per heavy atom. The number of thiazole rings is 1. The molecule has 1 N–H and O–H groups in total. The molecular formula is C31H31ClN2O7S. The first kappa shape index (κ1) is 30.8. The smallest absolute Gasteiger partial charge is 0.350 e. The van der Waals surface area contributed by atoms with Gasteiger partial charge in [0.25, 0.3) is 5.78 Å². The number of rotatable bonds is 12. The molecule has 0 spiro atoms. The molecule has 0 radical (unpaired) electrons. The Morgan fingerprint density at radius 3 is 2.55 bits per heavy atom. The van der Waals surface area contributed by atoms with Gasteiger partial charge in [-0.1, -0.05) is 55.0 Å². The van der Waals surface area contributed by atoms with E-state index in [0.717, 1.165) is 24.2 Å². The van der Waals surface area contributed by atoms with E-state index in [2.05, 4.69) is 18.5 Å². The Morgan fingerprint density at radius 2 is 1.88 bits per heavy atom. The molecule has 220 valence electrons. The number of hydrogen-bond donors (Lipinski definition) is 1. The number of esters is 1. The minimum Gasteiger partial charge on any atom is -0.507 e. The number of aryl methyl sites for hydroxylation is 1. The monoisotopic (exact) mass is 610 g/mol. The van der Waals surface area contributed by atoms with E-state index in [1.54, 1.807) is 49.4 Å². The van der Waals surface area contributed by atoms with Crippen LogP contribution in [0.15, 0.2) is 60.7 Å². The number of aromatic nitrogens is 1. The molecule has 1 aliphatic heterocycles. The van der Waals surface area contributed by atoms with Gasteiger partial charge in [0.1, 0.15) is 17.2 Å². The molecule has 1 fully saturated rings. The molecule has 1 aromatic heterocycles. The van der Waals surface area contributed by atoms with Crippen molar-refractivity contribution in [2.24, 2.45) is 0 Å². The van der Waals surface area contributed by atoms with Gasteiger partial charge in [0.15, 0.2) is 16.6 Å². The van der Waals surface area contributed by atoms with Crippen LogP contribution in [0.4, 0.5) is 5.13 Å². The third-order valence-electron chi connectivity index (χ3n) is 6.41. The van der Waals surface area contributed by atoms with Gasteiger partial charge in [0, 0.05) is 10.6 Å². The Balaban J connectivity index is 1.89. The topological polar surface area (TPSA) is 115 Å². The van der Waals surface area contributed by atoms with Gasteiger partial charge in [-0.3, -0.25) is 14.5 Å². The van der Waals surface area contributed by atoms with Crippen molar-refractivity contribution in [2.75, 3.05) is 24.7 Å². The molecule has 1 saturated heterocycles. The molecule has 0 saturated carbocycles. The number of ether oxygens (including phenoxy) is 3. The highest BCUT2D eigenvalue weighted by molar-refractivity contribution is 7.17. The number of hydrogen-bond acceptors (Lipinski definition) is 9. The number of benzene rings is 2. The molecule has 3 aromatic rings. The summed E-state index contributed by atoms with van der Waals surface area (Å²) in [4.78, 5) is 45.6. The van der Waals surface area contributed by atoms with E-state index in [0.29, 0.717) is 46.6 Å². The van der Waals surface area contributed by atoms with Crippen molar-refractivity contribution in [1.82, 2.24) is 4.98 Å². The molecule has 0 bridgehead atoms. The molecule has 4 rings (SSSR count). The van der Waals surface area contributed by atoms with Crippen LogP contribution in [0, 0.1) is 6.92 Å². The average Bonchev–Trinajstić information content (AvgIpc) is 3.49. The lowest BCUT2D eigenvalue weighted by atomic mass is 9.95. The van der Waals surface area contributed by atoms with Crippen LogP contribution in [0.25, 0.3) is 5.76 Å². The lowest BCUT2D eigenvalue weighted by Crippen LogP contribution is -2.29. The summed E-state index contributed by atoms with van der Waals surface area (Å²) in [5.74, 6) is -1.88. The lowest BCUT2D eigenvalue weighted by molar-refractivity contribution is -0.132. The summed E-state index contributed by atoms with van der Waals surface area (Å²) in [6.45, 7) is 9.90. The second-order valence-corrected chi connectivity index (χ2v) is 10.7. The molecule has 9 nitrogen and oxygen atoms in total. The van der Waals surface area contributed by atoms with Crippen LogP contribution in [-0.2, 0) is 14.3 Å². The van der Waals surface area contributed by atoms with Crippen LogP contribution in [0.2, 0.25) is 5.02 Å². The second-order valence-electron chi connectivity index (χ2n) is 9.32. The zero-order valence-electron chi connectivity index (χ0n) is 23.5. The van der Waals surface area contributed by atoms with Crippen LogP contribution in [-0.4, -0.2) is 47.6 Å². The number of amides is 1. The van der Waals surface area contributed by atoms with Crippen LogP contribution >= 0.6 is 22.9 Å². The summed E-state index contributed by atoms with van der Waals surface area (Å²) in [5.41, 5.74) is 0.959. The van der Waals surface area contributed by atoms with Gasteiger partial charge in [0.2, 0.25) is 0 Å². The summed E-state index contributed by atoms with van der Waals surface area (Å²) < 4.78 is 16.9. The van der Waals surface area contributed by atoms with Crippen LogP contribution < -0.4 is 14.4 Å². The number of halogens is 1. The average molecular weight is 611 g/mol. The first-order valence-corrected chi connectivity index (χ1v) is 14.6. The number of carbonyl (C=O) groups is 3. The molecule has 2 aromatic carbocycles. The standard InChI is InChI=1S/C31H31ClN2O7S/c1-5-8-16-40-22-14-11-20(17-23(22)39-7-3)25-24(26(35)19-9-12-21(32)13-10-19)27(36)29(37)34(25)31-33-18(4)28(42-31)30(38)41-15-6-2/h6,9-14,17,25,35H,2,5,7-8,15-16H2,1,3-4H3/b26-24+. The Hall–Kier alpha value is -4.15. The number of ketones is 1. The minimum atomic E-state index is -1.09. The zero-order valence-corrected chi connectivity index (χ0v) is 25.1. The van der Waals surface area contributed by atoms with Crippen molar-refractivity contribution < 1.29 is 33.7 Å². The highest BCUT2D eigenvalue weighted by Crippen LogP contribution is 2.45. The summed E-state index contributed by atoms with van der Waals surface area (Å²) in [7, 11) is 0. The van der Waals surface area contributed by atoms with E-state index >= 15 is 0 Å². The number of unbranched alkanes of at least 4 members (excludes halogenated alkanes) is 1. The third-order valence-corrected chi connectivity index (χ3v) is 7.80. The molecule has 42 heavy (non-hydrogen) atoms. The number of Topliss-reactive ketones (excluding diaryl/α,β-unsaturated/α-hetero) is 1. The summed E-state index contributed by atoms with van der Waals surface area (Å²) >= 11 is 6.95. The number of carbonyl (C=O) groups excluding carboxylic acids is 3. The van der Waals surface area contributed by atoms with Gasteiger partial charge < -0.3 is 19.3 Å². The fourth-order valence-corrected chi connectivity index (χ4v) is 5.51. The van der Waals surface area contributed by atoms with Gasteiger partial charge in [-0.25, -0.2) is 9.78 Å². The highest BCUT2D eigenvalue weighted by Gasteiger charge is 2.48. The van der Waals surface area contributed by atoms with Gasteiger partial charge in [-0.05, 0) is 62.2 Å². The van der Waals surface area contributed by atoms with Gasteiger partial charge in [0.05, 0.1) is 30.5 Å². The predicted octanol–water partition coefficient (Wildman–Crippen LogP) is 6.65. The SMILES string of the molecule is C=CCOC(=O)c1sc(N2C(=O)C(=O)/C(=C(/O)c3ccc(Cl)cc3)C2c2ccc(OCCCC)c(OCC)c2)nc1C. The molecule has 11 heteroatoms. The highest BCUT2D eigenvalue weighted by atomic mass is 35.5. The Bertz CT molecular complexity index is 1530. The number of aliphatic hydroxyl groups excluding tert-OH is 1. The molecular weight excluding hydrogens is 580 g/mol. The molecule has 1 aliphatic rings. The largest absolute Gasteiger partial charge is 0.507 e. The summed E-state index contributed by atoms with van der Waals surface area (Å²) in [6.07, 6.45) is 3.25. The number of aliphatic hydroxyl groups is 1. The number of nitrogens with zero attached hydrogens (tertiary/aromatic N) is 2. The molecule has 2 heterocycles. The maximum Gasteiger partial charge on any atom is 0.350 e. The first-order valence-electron chi connectivity index (χ1n) is 13.4. The van der Waals surface area contributed by atoms with Crippen molar-refractivity contribution >= 4 is 51.5 Å². The fraction of sp³-hybridized carbons (Fsp3) is 0.290. The maximum atomic E-state index is 13.6. The molecule has 1 atom stereocenters. The summed E-state index contributed by atoms with van der Waals surface area (Å²) in [6, 6.07) is 10.3. The minimum absolute atomic E-state index is 0.00396. The van der Waals surface area contributed by atoms with Gasteiger partial charge in [-0.15, -0.1) is 0 Å². The van der Waals surface area contributed by atoms with E-state index in [4.69, 9.17) is 25.8 Å². The van der Waals surface area contributed by atoms with E-state index in [1.165, 1.54) is 11.0 Å². The van der Waals surface area contributed by atoms with E-state index < -0.39 is 23.7 Å². The third kappa shape index (κ3) is 6.34. The fourth-order valence-electron chi connectivity index (χ4n) is 4.39. The summed E-state index contributed by atoms with van der Waals surface area (Å²) in [5, 5.41) is 11.9. The van der Waals surface area contributed by atoms with Crippen LogP contribution in [0.5, 0.6) is 11.5 Å². The normalized spacial score (nSPS) is 16.0. The number of anilines is 1. The lowest BCUT2D eigenvalue weighted by Gasteiger charge is -2.24. The molecule has 1 unspecified atom stereocenters. The molecule has 1 amide bonds. The Labute approximate surface area is 253 Å². The van der Waals surface area contributed by atoms with Crippen LogP contribution in [0.1, 0.15) is 59.2 Å². The van der Waals surface area contributed by atoms with E-state index in [9.17, 15) is 19.5 Å². The zero-order chi connectivity index (χ0) is 30.4. The van der Waals surface area contributed by atoms with Gasteiger partial charge in [-0.2, -0.15) is 0 Å². The van der Waals surface area contributed by atoms with Crippen molar-refractivity contribution in [3.05, 3.63) is 87.4 Å². The quantitative estimate of drug-likeness (QED) is 0.0605. The predicted molar refractivity (Wildman–Crippen MR) is 162 cm³/mol. The first-order chi connectivity index (χ1) is 20.2. The molecule has 0 aliphatic carbocycles. The van der Waals surface area contributed by atoms with E-state index in [-0.39, 0.29) is 27.9 Å². The van der Waals surface area contributed by atoms with Crippen molar-refractivity contribution in [2.45, 2.75) is 39.7 Å². The van der Waals surface area contributed by atoms with Crippen LogP contribution in [0.3, 0.4) is 0 Å².